The van der Waals surface area contributed by atoms with E-state index in [2.05, 4.69) is 19.9 Å². The average molecular weight is 436 g/mol. The number of hydrogen-bond donors (Lipinski definition) is 0. The van der Waals surface area contributed by atoms with Crippen LogP contribution in [0.5, 0.6) is 5.88 Å². The SMILES string of the molecule is Cc1ccc(-c2ncccn2)c(C(=O)N2CC3CCC2C(Oc2ccc(Cl)cn2)C3)n1. The molecule has 3 aliphatic rings. The number of carbonyl (C=O) groups is 1. The van der Waals surface area contributed by atoms with Crippen LogP contribution in [0.2, 0.25) is 5.02 Å². The molecule has 3 aromatic heterocycles. The third-order valence-corrected chi connectivity index (χ3v) is 6.22. The van der Waals surface area contributed by atoms with Gasteiger partial charge in [0.15, 0.2) is 5.82 Å². The van der Waals surface area contributed by atoms with Crippen molar-refractivity contribution in [3.63, 3.8) is 0 Å². The number of ether oxygens (including phenoxy) is 1. The number of nitrogens with zero attached hydrogens (tertiary/aromatic N) is 5. The molecule has 0 radical (unpaired) electrons. The molecule has 0 aromatic carbocycles. The number of hydrogen-bond acceptors (Lipinski definition) is 6. The van der Waals surface area contributed by atoms with E-state index in [0.29, 0.717) is 40.4 Å². The molecular weight excluding hydrogens is 414 g/mol. The van der Waals surface area contributed by atoms with Crippen LogP contribution in [0.3, 0.4) is 0 Å². The van der Waals surface area contributed by atoms with Gasteiger partial charge in [0.05, 0.1) is 16.6 Å². The lowest BCUT2D eigenvalue weighted by Gasteiger charge is -2.49. The van der Waals surface area contributed by atoms with Gasteiger partial charge in [0.1, 0.15) is 11.8 Å². The third-order valence-electron chi connectivity index (χ3n) is 6.00. The summed E-state index contributed by atoms with van der Waals surface area (Å²) >= 11 is 5.94. The van der Waals surface area contributed by atoms with Crippen LogP contribution < -0.4 is 4.74 Å². The van der Waals surface area contributed by atoms with Crippen molar-refractivity contribution in [2.24, 2.45) is 5.92 Å². The summed E-state index contributed by atoms with van der Waals surface area (Å²) in [6, 6.07) is 9.01. The van der Waals surface area contributed by atoms with Gasteiger partial charge in [-0.2, -0.15) is 0 Å². The van der Waals surface area contributed by atoms with E-state index in [0.717, 1.165) is 25.0 Å². The molecule has 2 bridgehead atoms. The molecule has 0 N–H and O–H groups in total. The van der Waals surface area contributed by atoms with Gasteiger partial charge in [-0.1, -0.05) is 11.6 Å². The molecule has 1 saturated carbocycles. The van der Waals surface area contributed by atoms with Gasteiger partial charge in [-0.3, -0.25) is 4.79 Å². The topological polar surface area (TPSA) is 81.1 Å². The van der Waals surface area contributed by atoms with Gasteiger partial charge in [-0.05, 0) is 56.4 Å². The molecule has 3 aromatic rings. The van der Waals surface area contributed by atoms with E-state index in [1.165, 1.54) is 0 Å². The molecule has 1 amide bonds. The van der Waals surface area contributed by atoms with Crippen molar-refractivity contribution in [2.75, 3.05) is 6.54 Å². The Morgan fingerprint density at radius 2 is 1.97 bits per heavy atom. The zero-order chi connectivity index (χ0) is 21.4. The molecular formula is C23H22ClN5O2. The van der Waals surface area contributed by atoms with E-state index >= 15 is 0 Å². The first-order chi connectivity index (χ1) is 15.1. The highest BCUT2D eigenvalue weighted by Crippen LogP contribution is 2.38. The number of fused-ring (bicyclic) bond motifs is 3. The van der Waals surface area contributed by atoms with Crippen molar-refractivity contribution < 1.29 is 9.53 Å². The van der Waals surface area contributed by atoms with Gasteiger partial charge in [0, 0.05) is 36.9 Å². The van der Waals surface area contributed by atoms with Crippen molar-refractivity contribution in [2.45, 2.75) is 38.3 Å². The minimum Gasteiger partial charge on any atom is -0.472 e. The standard InChI is InChI=1S/C23H22ClN5O2/c1-14-3-6-17(22-25-9-2-10-26-22)21(28-14)23(30)29-13-15-4-7-18(29)19(11-15)31-20-8-5-16(24)12-27-20/h2-3,5-6,8-10,12,15,18-19H,4,7,11,13H2,1H3. The summed E-state index contributed by atoms with van der Waals surface area (Å²) in [5.74, 6) is 1.32. The van der Waals surface area contributed by atoms with Gasteiger partial charge in [0.2, 0.25) is 5.88 Å². The summed E-state index contributed by atoms with van der Waals surface area (Å²) in [4.78, 5) is 33.1. The lowest BCUT2D eigenvalue weighted by Crippen LogP contribution is -2.59. The first-order valence-electron chi connectivity index (χ1n) is 10.4. The summed E-state index contributed by atoms with van der Waals surface area (Å²) in [5, 5.41) is 0.565. The van der Waals surface area contributed by atoms with E-state index in [4.69, 9.17) is 16.3 Å². The molecule has 0 spiro atoms. The number of amides is 1. The fraction of sp³-hybridized carbons (Fsp3) is 0.348. The van der Waals surface area contributed by atoms with Gasteiger partial charge < -0.3 is 9.64 Å². The molecule has 2 aliphatic heterocycles. The van der Waals surface area contributed by atoms with Gasteiger partial charge in [-0.15, -0.1) is 0 Å². The maximum absolute atomic E-state index is 13.7. The van der Waals surface area contributed by atoms with E-state index < -0.39 is 0 Å². The normalized spacial score (nSPS) is 22.4. The highest BCUT2D eigenvalue weighted by molar-refractivity contribution is 6.30. The fourth-order valence-electron chi connectivity index (χ4n) is 4.55. The van der Waals surface area contributed by atoms with Crippen molar-refractivity contribution >= 4 is 17.5 Å². The molecule has 31 heavy (non-hydrogen) atoms. The zero-order valence-corrected chi connectivity index (χ0v) is 17.9. The maximum Gasteiger partial charge on any atom is 0.273 e. The molecule has 3 atom stereocenters. The lowest BCUT2D eigenvalue weighted by molar-refractivity contribution is -0.0315. The summed E-state index contributed by atoms with van der Waals surface area (Å²) in [6.07, 6.45) is 7.71. The Morgan fingerprint density at radius 3 is 2.71 bits per heavy atom. The molecule has 3 unspecified atom stereocenters. The number of aryl methyl sites for hydroxylation is 1. The molecule has 1 aliphatic carbocycles. The smallest absolute Gasteiger partial charge is 0.273 e. The summed E-state index contributed by atoms with van der Waals surface area (Å²) in [6.45, 7) is 2.59. The van der Waals surface area contributed by atoms with Crippen molar-refractivity contribution in [1.82, 2.24) is 24.8 Å². The van der Waals surface area contributed by atoms with Crippen LogP contribution in [-0.4, -0.2) is 49.4 Å². The first-order valence-corrected chi connectivity index (χ1v) is 10.8. The van der Waals surface area contributed by atoms with E-state index in [1.54, 1.807) is 36.8 Å². The average Bonchev–Trinajstić information content (AvgIpc) is 2.81. The highest BCUT2D eigenvalue weighted by Gasteiger charge is 2.45. The maximum atomic E-state index is 13.7. The Morgan fingerprint density at radius 1 is 1.13 bits per heavy atom. The van der Waals surface area contributed by atoms with E-state index in [9.17, 15) is 4.79 Å². The summed E-state index contributed by atoms with van der Waals surface area (Å²) in [7, 11) is 0. The monoisotopic (exact) mass is 435 g/mol. The molecule has 3 fully saturated rings. The van der Waals surface area contributed by atoms with Crippen LogP contribution in [0, 0.1) is 12.8 Å². The highest BCUT2D eigenvalue weighted by atomic mass is 35.5. The van der Waals surface area contributed by atoms with Crippen LogP contribution in [-0.2, 0) is 0 Å². The number of carbonyl (C=O) groups excluding carboxylic acids is 1. The third kappa shape index (κ3) is 3.97. The molecule has 5 heterocycles. The number of rotatable bonds is 4. The number of piperidine rings is 2. The predicted octanol–water partition coefficient (Wildman–Crippen LogP) is 3.97. The minimum atomic E-state index is -0.105. The summed E-state index contributed by atoms with van der Waals surface area (Å²) < 4.78 is 6.19. The van der Waals surface area contributed by atoms with E-state index in [1.807, 2.05) is 24.0 Å². The van der Waals surface area contributed by atoms with Crippen molar-refractivity contribution in [1.29, 1.82) is 0 Å². The second kappa shape index (κ2) is 8.23. The quantitative estimate of drug-likeness (QED) is 0.616. The number of halogens is 1. The molecule has 7 nitrogen and oxygen atoms in total. The van der Waals surface area contributed by atoms with Crippen LogP contribution in [0.1, 0.15) is 35.4 Å². The van der Waals surface area contributed by atoms with Gasteiger partial charge in [0.25, 0.3) is 5.91 Å². The Hall–Kier alpha value is -3.06. The number of pyridine rings is 2. The largest absolute Gasteiger partial charge is 0.472 e. The molecule has 8 heteroatoms. The molecule has 2 saturated heterocycles. The fourth-order valence-corrected chi connectivity index (χ4v) is 4.67. The van der Waals surface area contributed by atoms with Crippen molar-refractivity contribution in [3.05, 3.63) is 65.3 Å². The van der Waals surface area contributed by atoms with Crippen LogP contribution in [0.15, 0.2) is 48.9 Å². The Labute approximate surface area is 185 Å². The van der Waals surface area contributed by atoms with Gasteiger partial charge >= 0.3 is 0 Å². The Bertz CT molecular complexity index is 1090. The number of aromatic nitrogens is 4. The van der Waals surface area contributed by atoms with Crippen LogP contribution >= 0.6 is 11.6 Å². The summed E-state index contributed by atoms with van der Waals surface area (Å²) in [5.41, 5.74) is 1.82. The first kappa shape index (κ1) is 19.9. The zero-order valence-electron chi connectivity index (χ0n) is 17.1. The van der Waals surface area contributed by atoms with Crippen molar-refractivity contribution in [3.8, 4) is 17.3 Å². The predicted molar refractivity (Wildman–Crippen MR) is 116 cm³/mol. The molecule has 6 rings (SSSR count). The Kier molecular flexibility index (Phi) is 5.28. The minimum absolute atomic E-state index is 0.0261. The van der Waals surface area contributed by atoms with Gasteiger partial charge in [-0.25, -0.2) is 19.9 Å². The Balaban J connectivity index is 1.44. The van der Waals surface area contributed by atoms with Crippen LogP contribution in [0.25, 0.3) is 11.4 Å². The van der Waals surface area contributed by atoms with Crippen LogP contribution in [0.4, 0.5) is 0 Å². The van der Waals surface area contributed by atoms with E-state index in [-0.39, 0.29) is 18.1 Å². The second-order valence-corrected chi connectivity index (χ2v) is 8.53. The molecule has 158 valence electrons. The second-order valence-electron chi connectivity index (χ2n) is 8.10. The lowest BCUT2D eigenvalue weighted by atomic mass is 9.77.